The van der Waals surface area contributed by atoms with E-state index in [1.54, 1.807) is 19.2 Å². The molecule has 0 spiro atoms. The zero-order valence-corrected chi connectivity index (χ0v) is 10.1. The molecule has 0 radical (unpaired) electrons. The van der Waals surface area contributed by atoms with E-state index in [1.807, 2.05) is 12.1 Å². The third-order valence-corrected chi connectivity index (χ3v) is 3.13. The number of nitrogens with zero attached hydrogens (tertiary/aromatic N) is 1. The van der Waals surface area contributed by atoms with Crippen LogP contribution in [-0.2, 0) is 0 Å². The predicted octanol–water partition coefficient (Wildman–Crippen LogP) is 0.539. The van der Waals surface area contributed by atoms with Crippen LogP contribution < -0.4 is 20.7 Å². The van der Waals surface area contributed by atoms with Gasteiger partial charge in [0.2, 0.25) is 0 Å². The highest BCUT2D eigenvalue weighted by molar-refractivity contribution is 6.12. The van der Waals surface area contributed by atoms with Crippen LogP contribution in [0.2, 0.25) is 0 Å². The fourth-order valence-corrected chi connectivity index (χ4v) is 2.22. The van der Waals surface area contributed by atoms with E-state index in [0.29, 0.717) is 5.84 Å². The number of hydrogen-bond donors (Lipinski definition) is 3. The lowest BCUT2D eigenvalue weighted by atomic mass is 9.98. The van der Waals surface area contributed by atoms with Crippen LogP contribution in [0.15, 0.2) is 29.3 Å². The Balaban J connectivity index is 1.93. The summed E-state index contributed by atoms with van der Waals surface area (Å²) in [5.74, 6) is 1.09. The lowest BCUT2D eigenvalue weighted by molar-refractivity contribution is 0.239. The molecule has 0 saturated carbocycles. The van der Waals surface area contributed by atoms with Crippen molar-refractivity contribution < 1.29 is 14.3 Å². The number of urea groups is 2. The number of amidine groups is 1. The molecule has 7 heteroatoms. The van der Waals surface area contributed by atoms with Gasteiger partial charge < -0.3 is 15.4 Å². The highest BCUT2D eigenvalue weighted by Gasteiger charge is 2.39. The Morgan fingerprint density at radius 2 is 1.84 bits per heavy atom. The Morgan fingerprint density at radius 1 is 1.11 bits per heavy atom. The third kappa shape index (κ3) is 1.99. The van der Waals surface area contributed by atoms with E-state index in [2.05, 4.69) is 20.9 Å². The average Bonchev–Trinajstić information content (AvgIpc) is 2.78. The molecule has 0 aromatic heterocycles. The third-order valence-electron chi connectivity index (χ3n) is 3.13. The van der Waals surface area contributed by atoms with Crippen molar-refractivity contribution in [3.05, 3.63) is 29.8 Å². The van der Waals surface area contributed by atoms with Crippen LogP contribution in [0.1, 0.15) is 11.6 Å². The van der Waals surface area contributed by atoms with Crippen molar-refractivity contribution in [2.75, 3.05) is 7.11 Å². The van der Waals surface area contributed by atoms with Crippen LogP contribution in [0.3, 0.4) is 0 Å². The van der Waals surface area contributed by atoms with Gasteiger partial charge in [-0.3, -0.25) is 5.32 Å². The van der Waals surface area contributed by atoms with E-state index in [1.165, 1.54) is 0 Å². The van der Waals surface area contributed by atoms with Crippen molar-refractivity contribution in [1.29, 1.82) is 0 Å². The summed E-state index contributed by atoms with van der Waals surface area (Å²) in [6.45, 7) is 0. The molecular formula is C12H12N4O3. The highest BCUT2D eigenvalue weighted by atomic mass is 16.5. The van der Waals surface area contributed by atoms with E-state index in [4.69, 9.17) is 4.74 Å². The molecule has 2 heterocycles. The molecule has 7 nitrogen and oxygen atoms in total. The normalized spacial score (nSPS) is 24.8. The van der Waals surface area contributed by atoms with Gasteiger partial charge in [0.25, 0.3) is 0 Å². The fraction of sp³-hybridized carbons (Fsp3) is 0.250. The highest BCUT2D eigenvalue weighted by Crippen LogP contribution is 2.24. The van der Waals surface area contributed by atoms with Crippen LogP contribution in [0.5, 0.6) is 5.75 Å². The number of carbonyl (C=O) groups is 2. The number of hydrogen-bond acceptors (Lipinski definition) is 3. The van der Waals surface area contributed by atoms with Gasteiger partial charge in [-0.1, -0.05) is 12.1 Å². The van der Waals surface area contributed by atoms with Crippen molar-refractivity contribution in [2.24, 2.45) is 4.99 Å². The number of benzene rings is 1. The Hall–Kier alpha value is -2.57. The second kappa shape index (κ2) is 4.27. The Morgan fingerprint density at radius 3 is 2.53 bits per heavy atom. The number of methoxy groups -OCH3 is 1. The molecule has 0 aliphatic carbocycles. The molecule has 4 amide bonds. The van der Waals surface area contributed by atoms with Crippen LogP contribution in [0.4, 0.5) is 9.59 Å². The number of ether oxygens (including phenoxy) is 1. The fourth-order valence-electron chi connectivity index (χ4n) is 2.22. The van der Waals surface area contributed by atoms with E-state index >= 15 is 0 Å². The zero-order chi connectivity index (χ0) is 13.4. The Labute approximate surface area is 109 Å². The van der Waals surface area contributed by atoms with Crippen molar-refractivity contribution in [3.63, 3.8) is 0 Å². The molecule has 3 rings (SSSR count). The van der Waals surface area contributed by atoms with Gasteiger partial charge in [0.1, 0.15) is 17.6 Å². The van der Waals surface area contributed by atoms with Crippen molar-refractivity contribution in [3.8, 4) is 5.75 Å². The first-order valence-electron chi connectivity index (χ1n) is 5.78. The Kier molecular flexibility index (Phi) is 2.59. The number of carbonyl (C=O) groups excluding carboxylic acids is 2. The smallest absolute Gasteiger partial charge is 0.343 e. The van der Waals surface area contributed by atoms with E-state index in [0.717, 1.165) is 11.3 Å². The maximum absolute atomic E-state index is 11.5. The first kappa shape index (κ1) is 11.5. The van der Waals surface area contributed by atoms with Crippen LogP contribution in [-0.4, -0.2) is 31.0 Å². The number of nitrogens with one attached hydrogen (secondary N) is 3. The van der Waals surface area contributed by atoms with E-state index in [9.17, 15) is 9.59 Å². The number of amides is 4. The molecule has 1 fully saturated rings. The van der Waals surface area contributed by atoms with Gasteiger partial charge in [-0.05, 0) is 17.7 Å². The topological polar surface area (TPSA) is 91.8 Å². The minimum atomic E-state index is -0.462. The molecule has 19 heavy (non-hydrogen) atoms. The summed E-state index contributed by atoms with van der Waals surface area (Å²) >= 11 is 0. The summed E-state index contributed by atoms with van der Waals surface area (Å²) in [5.41, 5.74) is 0.871. The molecule has 1 aromatic rings. The molecule has 0 bridgehead atoms. The first-order valence-corrected chi connectivity index (χ1v) is 5.78. The largest absolute Gasteiger partial charge is 0.497 e. The van der Waals surface area contributed by atoms with Gasteiger partial charge >= 0.3 is 12.1 Å². The zero-order valence-electron chi connectivity index (χ0n) is 10.1. The minimum Gasteiger partial charge on any atom is -0.497 e. The molecule has 3 N–H and O–H groups in total. The number of aliphatic imine (C=N–C) groups is 1. The van der Waals surface area contributed by atoms with Crippen LogP contribution in [0, 0.1) is 0 Å². The van der Waals surface area contributed by atoms with Gasteiger partial charge in [0.15, 0.2) is 0 Å². The SMILES string of the molecule is COc1ccc([C@H]2NC(=O)N=C3NC(=O)N[C@@H]32)cc1. The van der Waals surface area contributed by atoms with Crippen molar-refractivity contribution >= 4 is 17.9 Å². The molecule has 2 aliphatic rings. The molecular weight excluding hydrogens is 248 g/mol. The monoisotopic (exact) mass is 260 g/mol. The summed E-state index contributed by atoms with van der Waals surface area (Å²) in [7, 11) is 1.59. The molecule has 98 valence electrons. The van der Waals surface area contributed by atoms with Gasteiger partial charge in [-0.15, -0.1) is 0 Å². The lowest BCUT2D eigenvalue weighted by Crippen LogP contribution is -2.48. The Bertz CT molecular complexity index is 567. The van der Waals surface area contributed by atoms with Crippen molar-refractivity contribution in [1.82, 2.24) is 16.0 Å². The second-order valence-corrected chi connectivity index (χ2v) is 4.27. The van der Waals surface area contributed by atoms with Crippen LogP contribution >= 0.6 is 0 Å². The van der Waals surface area contributed by atoms with Gasteiger partial charge in [0.05, 0.1) is 13.2 Å². The summed E-state index contributed by atoms with van der Waals surface area (Å²) in [6, 6.07) is 5.78. The predicted molar refractivity (Wildman–Crippen MR) is 67.2 cm³/mol. The minimum absolute atomic E-state index is 0.343. The maximum Gasteiger partial charge on any atom is 0.343 e. The first-order chi connectivity index (χ1) is 9.17. The van der Waals surface area contributed by atoms with Crippen LogP contribution in [0.25, 0.3) is 0 Å². The maximum atomic E-state index is 11.5. The quantitative estimate of drug-likeness (QED) is 0.724. The van der Waals surface area contributed by atoms with Gasteiger partial charge in [-0.25, -0.2) is 9.59 Å². The van der Waals surface area contributed by atoms with Gasteiger partial charge in [0, 0.05) is 0 Å². The second-order valence-electron chi connectivity index (χ2n) is 4.27. The van der Waals surface area contributed by atoms with E-state index in [-0.39, 0.29) is 18.1 Å². The summed E-state index contributed by atoms with van der Waals surface area (Å²) in [4.78, 5) is 26.6. The van der Waals surface area contributed by atoms with Crippen molar-refractivity contribution in [2.45, 2.75) is 12.1 Å². The van der Waals surface area contributed by atoms with E-state index < -0.39 is 6.03 Å². The summed E-state index contributed by atoms with van der Waals surface area (Å²) in [5, 5.41) is 7.99. The molecule has 1 saturated heterocycles. The molecule has 1 aromatic carbocycles. The lowest BCUT2D eigenvalue weighted by Gasteiger charge is -2.27. The summed E-state index contributed by atoms with van der Waals surface area (Å²) < 4.78 is 5.09. The average molecular weight is 260 g/mol. The summed E-state index contributed by atoms with van der Waals surface area (Å²) in [6.07, 6.45) is 0. The van der Waals surface area contributed by atoms with Gasteiger partial charge in [-0.2, -0.15) is 4.99 Å². The number of fused-ring (bicyclic) bond motifs is 1. The molecule has 0 unspecified atom stereocenters. The molecule has 2 atom stereocenters. The standard InChI is InChI=1S/C12H12N4O3/c1-19-7-4-2-6(3-5-7)8-9-10(15-11(17)13-8)16-12(18)14-9/h2-5,8-9H,1H3,(H3,13,14,15,16,17,18)/t8-,9-/m1/s1. The molecule has 2 aliphatic heterocycles. The number of rotatable bonds is 2.